The average molecular weight is 549 g/mol. The van der Waals surface area contributed by atoms with Crippen LogP contribution >= 0.6 is 11.8 Å². The van der Waals surface area contributed by atoms with E-state index in [1.165, 1.54) is 17.3 Å². The highest BCUT2D eigenvalue weighted by Crippen LogP contribution is 2.30. The summed E-state index contributed by atoms with van der Waals surface area (Å²) >= 11 is 1.35. The molecule has 6 nitrogen and oxygen atoms in total. The van der Waals surface area contributed by atoms with Crippen molar-refractivity contribution in [1.82, 2.24) is 14.8 Å². The molecule has 0 aliphatic carbocycles. The molecular formula is C33H32N4O2S. The van der Waals surface area contributed by atoms with Crippen molar-refractivity contribution in [3.63, 3.8) is 0 Å². The van der Waals surface area contributed by atoms with Crippen LogP contribution in [-0.2, 0) is 16.8 Å². The van der Waals surface area contributed by atoms with Crippen LogP contribution in [0.25, 0.3) is 17.1 Å². The molecular weight excluding hydrogens is 516 g/mol. The summed E-state index contributed by atoms with van der Waals surface area (Å²) in [6.45, 7) is 7.08. The first-order chi connectivity index (χ1) is 19.4. The van der Waals surface area contributed by atoms with Gasteiger partial charge in [0, 0.05) is 16.9 Å². The van der Waals surface area contributed by atoms with E-state index in [1.54, 1.807) is 0 Å². The van der Waals surface area contributed by atoms with Crippen LogP contribution in [0.5, 0.6) is 5.75 Å². The highest BCUT2D eigenvalue weighted by molar-refractivity contribution is 7.99. The largest absolute Gasteiger partial charge is 0.489 e. The quantitative estimate of drug-likeness (QED) is 0.193. The van der Waals surface area contributed by atoms with Gasteiger partial charge in [-0.15, -0.1) is 10.2 Å². The number of nitrogens with one attached hydrogen (secondary N) is 1. The van der Waals surface area contributed by atoms with Gasteiger partial charge in [0.2, 0.25) is 5.91 Å². The molecule has 0 unspecified atom stereocenters. The third kappa shape index (κ3) is 6.79. The van der Waals surface area contributed by atoms with E-state index in [1.807, 2.05) is 89.5 Å². The van der Waals surface area contributed by atoms with E-state index in [2.05, 4.69) is 60.6 Å². The number of rotatable bonds is 9. The summed E-state index contributed by atoms with van der Waals surface area (Å²) in [4.78, 5) is 12.8. The average Bonchev–Trinajstić information content (AvgIpc) is 3.40. The lowest BCUT2D eigenvalue weighted by molar-refractivity contribution is -0.113. The summed E-state index contributed by atoms with van der Waals surface area (Å²) < 4.78 is 7.84. The predicted octanol–water partition coefficient (Wildman–Crippen LogP) is 7.54. The maximum absolute atomic E-state index is 12.8. The van der Waals surface area contributed by atoms with Gasteiger partial charge in [0.05, 0.1) is 5.75 Å². The Bertz CT molecular complexity index is 1540. The van der Waals surface area contributed by atoms with Crippen molar-refractivity contribution in [2.75, 3.05) is 11.1 Å². The van der Waals surface area contributed by atoms with Crippen LogP contribution in [0.1, 0.15) is 31.9 Å². The van der Waals surface area contributed by atoms with Gasteiger partial charge in [-0.3, -0.25) is 9.36 Å². The van der Waals surface area contributed by atoms with E-state index >= 15 is 0 Å². The number of nitrogens with zero attached hydrogens (tertiary/aromatic N) is 3. The highest BCUT2D eigenvalue weighted by Gasteiger charge is 2.19. The molecule has 0 fully saturated rings. The molecule has 1 heterocycles. The normalized spacial score (nSPS) is 11.3. The first-order valence-electron chi connectivity index (χ1n) is 13.2. The van der Waals surface area contributed by atoms with Crippen molar-refractivity contribution in [3.8, 4) is 22.8 Å². The molecule has 1 aromatic heterocycles. The first-order valence-corrected chi connectivity index (χ1v) is 14.2. The molecule has 0 saturated heterocycles. The molecule has 0 aliphatic rings. The number of para-hydroxylation sites is 1. The molecule has 0 saturated carbocycles. The first kappa shape index (κ1) is 27.2. The number of hydrogen-bond donors (Lipinski definition) is 1. The Morgan fingerprint density at radius 1 is 0.825 bits per heavy atom. The second-order valence-corrected chi connectivity index (χ2v) is 11.4. The van der Waals surface area contributed by atoms with E-state index in [0.717, 1.165) is 28.4 Å². The van der Waals surface area contributed by atoms with Gasteiger partial charge in [-0.2, -0.15) is 0 Å². The molecule has 4 aromatic carbocycles. The standard InChI is InChI=1S/C33H32N4O2S/c1-33(2,3)26-16-14-25(15-17-26)31-35-36-32(37(31)28-12-8-5-9-13-28)40-23-30(38)34-27-18-20-29(21-19-27)39-22-24-10-6-4-7-11-24/h4-21H,22-23H2,1-3H3,(H,34,38). The lowest BCUT2D eigenvalue weighted by atomic mass is 9.87. The third-order valence-corrected chi connectivity index (χ3v) is 7.30. The molecule has 0 bridgehead atoms. The van der Waals surface area contributed by atoms with Crippen LogP contribution in [0, 0.1) is 0 Å². The molecule has 0 aliphatic heterocycles. The number of aromatic nitrogens is 3. The zero-order valence-electron chi connectivity index (χ0n) is 22.9. The zero-order valence-corrected chi connectivity index (χ0v) is 23.7. The van der Waals surface area contributed by atoms with Crippen molar-refractivity contribution < 1.29 is 9.53 Å². The SMILES string of the molecule is CC(C)(C)c1ccc(-c2nnc(SCC(=O)Nc3ccc(OCc4ccccc4)cc3)n2-c2ccccc2)cc1. The highest BCUT2D eigenvalue weighted by atomic mass is 32.2. The summed E-state index contributed by atoms with van der Waals surface area (Å²) in [6, 6.07) is 35.8. The summed E-state index contributed by atoms with van der Waals surface area (Å²) in [5, 5.41) is 12.6. The van der Waals surface area contributed by atoms with Crippen molar-refractivity contribution in [3.05, 3.63) is 120 Å². The Labute approximate surface area is 239 Å². The van der Waals surface area contributed by atoms with E-state index in [0.29, 0.717) is 17.5 Å². The molecule has 0 radical (unpaired) electrons. The van der Waals surface area contributed by atoms with Gasteiger partial charge in [-0.05, 0) is 52.9 Å². The number of carbonyl (C=O) groups excluding carboxylic acids is 1. The Morgan fingerprint density at radius 2 is 1.48 bits per heavy atom. The predicted molar refractivity (Wildman–Crippen MR) is 162 cm³/mol. The Hall–Kier alpha value is -4.36. The van der Waals surface area contributed by atoms with Gasteiger partial charge in [0.25, 0.3) is 0 Å². The van der Waals surface area contributed by atoms with Gasteiger partial charge in [0.1, 0.15) is 12.4 Å². The molecule has 202 valence electrons. The second kappa shape index (κ2) is 12.2. The summed E-state index contributed by atoms with van der Waals surface area (Å²) in [5.74, 6) is 1.55. The van der Waals surface area contributed by atoms with Crippen LogP contribution < -0.4 is 10.1 Å². The smallest absolute Gasteiger partial charge is 0.234 e. The van der Waals surface area contributed by atoms with Crippen LogP contribution in [0.3, 0.4) is 0 Å². The Morgan fingerprint density at radius 3 is 2.12 bits per heavy atom. The number of carbonyl (C=O) groups is 1. The van der Waals surface area contributed by atoms with E-state index in [9.17, 15) is 4.79 Å². The summed E-state index contributed by atoms with van der Waals surface area (Å²) in [5.41, 5.74) is 5.04. The fraction of sp³-hybridized carbons (Fsp3) is 0.182. The Kier molecular flexibility index (Phi) is 8.31. The van der Waals surface area contributed by atoms with E-state index < -0.39 is 0 Å². The number of hydrogen-bond acceptors (Lipinski definition) is 5. The van der Waals surface area contributed by atoms with Gasteiger partial charge >= 0.3 is 0 Å². The number of ether oxygens (including phenoxy) is 1. The van der Waals surface area contributed by atoms with Crippen LogP contribution in [0.2, 0.25) is 0 Å². The van der Waals surface area contributed by atoms with Crippen molar-refractivity contribution in [2.24, 2.45) is 0 Å². The molecule has 0 atom stereocenters. The fourth-order valence-electron chi connectivity index (χ4n) is 4.18. The minimum absolute atomic E-state index is 0.0650. The van der Waals surface area contributed by atoms with Crippen molar-refractivity contribution in [2.45, 2.75) is 37.9 Å². The number of benzene rings is 4. The molecule has 0 spiro atoms. The van der Waals surface area contributed by atoms with E-state index in [-0.39, 0.29) is 17.1 Å². The minimum atomic E-state index is -0.123. The molecule has 5 rings (SSSR count). The molecule has 40 heavy (non-hydrogen) atoms. The molecule has 7 heteroatoms. The monoisotopic (exact) mass is 548 g/mol. The molecule has 1 amide bonds. The fourth-order valence-corrected chi connectivity index (χ4v) is 4.93. The van der Waals surface area contributed by atoms with Gasteiger partial charge in [0.15, 0.2) is 11.0 Å². The lowest BCUT2D eigenvalue weighted by Gasteiger charge is -2.19. The van der Waals surface area contributed by atoms with Gasteiger partial charge in [-0.1, -0.05) is 105 Å². The molecule has 1 N–H and O–H groups in total. The summed E-state index contributed by atoms with van der Waals surface area (Å²) in [7, 11) is 0. The van der Waals surface area contributed by atoms with Gasteiger partial charge in [-0.25, -0.2) is 0 Å². The summed E-state index contributed by atoms with van der Waals surface area (Å²) in [6.07, 6.45) is 0. The zero-order chi connectivity index (χ0) is 28.0. The van der Waals surface area contributed by atoms with Crippen LogP contribution in [0.4, 0.5) is 5.69 Å². The molecule has 5 aromatic rings. The number of amides is 1. The topological polar surface area (TPSA) is 69.0 Å². The van der Waals surface area contributed by atoms with Crippen molar-refractivity contribution in [1.29, 1.82) is 0 Å². The number of anilines is 1. The van der Waals surface area contributed by atoms with Gasteiger partial charge < -0.3 is 10.1 Å². The third-order valence-electron chi connectivity index (χ3n) is 6.38. The van der Waals surface area contributed by atoms with Crippen LogP contribution in [-0.4, -0.2) is 26.4 Å². The lowest BCUT2D eigenvalue weighted by Crippen LogP contribution is -2.14. The minimum Gasteiger partial charge on any atom is -0.489 e. The number of thioether (sulfide) groups is 1. The van der Waals surface area contributed by atoms with Crippen LogP contribution in [0.15, 0.2) is 114 Å². The second-order valence-electron chi connectivity index (χ2n) is 10.4. The Balaban J connectivity index is 1.26. The maximum atomic E-state index is 12.8. The van der Waals surface area contributed by atoms with Crippen molar-refractivity contribution >= 4 is 23.4 Å². The van der Waals surface area contributed by atoms with E-state index in [4.69, 9.17) is 4.74 Å². The maximum Gasteiger partial charge on any atom is 0.234 e.